The van der Waals surface area contributed by atoms with E-state index in [1.807, 2.05) is 32.2 Å². The van der Waals surface area contributed by atoms with Crippen LogP contribution in [0.1, 0.15) is 21.5 Å². The summed E-state index contributed by atoms with van der Waals surface area (Å²) in [5, 5.41) is 2.91. The Morgan fingerprint density at radius 1 is 1.13 bits per heavy atom. The average Bonchev–Trinajstić information content (AvgIpc) is 2.75. The first kappa shape index (κ1) is 22.4. The number of aryl methyl sites for hydroxylation is 1. The second-order valence-electron chi connectivity index (χ2n) is 7.47. The van der Waals surface area contributed by atoms with Crippen molar-refractivity contribution >= 4 is 15.9 Å². The molecule has 1 fully saturated rings. The fourth-order valence-corrected chi connectivity index (χ4v) is 4.81. The van der Waals surface area contributed by atoms with Crippen LogP contribution in [-0.4, -0.2) is 70.0 Å². The first-order valence-electron chi connectivity index (χ1n) is 10.1. The van der Waals surface area contributed by atoms with E-state index in [9.17, 15) is 13.2 Å². The number of nitrogens with zero attached hydrogens (tertiary/aromatic N) is 2. The van der Waals surface area contributed by atoms with E-state index in [0.29, 0.717) is 45.0 Å². The first-order valence-corrected chi connectivity index (χ1v) is 11.5. The van der Waals surface area contributed by atoms with Crippen molar-refractivity contribution in [1.29, 1.82) is 0 Å². The van der Waals surface area contributed by atoms with Crippen molar-refractivity contribution < 1.29 is 17.9 Å². The lowest BCUT2D eigenvalue weighted by Gasteiger charge is -2.26. The van der Waals surface area contributed by atoms with E-state index in [1.165, 1.54) is 15.9 Å². The van der Waals surface area contributed by atoms with Crippen molar-refractivity contribution in [3.63, 3.8) is 0 Å². The van der Waals surface area contributed by atoms with Crippen LogP contribution in [0.2, 0.25) is 0 Å². The van der Waals surface area contributed by atoms with Crippen LogP contribution in [0.25, 0.3) is 0 Å². The molecule has 1 amide bonds. The molecule has 1 aliphatic rings. The van der Waals surface area contributed by atoms with Gasteiger partial charge in [-0.2, -0.15) is 4.31 Å². The Morgan fingerprint density at radius 3 is 2.53 bits per heavy atom. The molecule has 1 aliphatic heterocycles. The lowest BCUT2D eigenvalue weighted by atomic mass is 10.1. The van der Waals surface area contributed by atoms with Gasteiger partial charge < -0.3 is 15.0 Å². The van der Waals surface area contributed by atoms with Crippen LogP contribution in [-0.2, 0) is 21.3 Å². The third-order valence-electron chi connectivity index (χ3n) is 5.14. The van der Waals surface area contributed by atoms with Gasteiger partial charge in [0, 0.05) is 38.3 Å². The summed E-state index contributed by atoms with van der Waals surface area (Å²) in [5.74, 6) is -0.264. The van der Waals surface area contributed by atoms with Gasteiger partial charge in [-0.05, 0) is 37.2 Å². The Kier molecular flexibility index (Phi) is 7.60. The number of sulfonamides is 1. The van der Waals surface area contributed by atoms with E-state index in [2.05, 4.69) is 22.3 Å². The number of rotatable bonds is 8. The highest BCUT2D eigenvalue weighted by Gasteiger charge is 2.27. The third kappa shape index (κ3) is 5.66. The van der Waals surface area contributed by atoms with Crippen LogP contribution in [0.15, 0.2) is 53.4 Å². The van der Waals surface area contributed by atoms with Gasteiger partial charge in [-0.1, -0.05) is 36.4 Å². The van der Waals surface area contributed by atoms with Crippen molar-refractivity contribution in [2.24, 2.45) is 0 Å². The highest BCUT2D eigenvalue weighted by Crippen LogP contribution is 2.20. The summed E-state index contributed by atoms with van der Waals surface area (Å²) < 4.78 is 32.4. The van der Waals surface area contributed by atoms with Gasteiger partial charge in [0.1, 0.15) is 0 Å². The van der Waals surface area contributed by atoms with Gasteiger partial charge in [0.05, 0.1) is 18.1 Å². The zero-order valence-electron chi connectivity index (χ0n) is 17.5. The molecule has 162 valence electrons. The van der Waals surface area contributed by atoms with E-state index >= 15 is 0 Å². The second kappa shape index (κ2) is 10.2. The van der Waals surface area contributed by atoms with Crippen molar-refractivity contribution in [1.82, 2.24) is 14.5 Å². The standard InChI is InChI=1S/C22H29N3O4S/c1-18-8-9-20(30(27,28)25-12-14-29-15-13-25)16-21(18)22(26)23-10-11-24(2)17-19-6-4-3-5-7-19/h3-9,16H,10-15,17H2,1-2H3,(H,23,26). The zero-order valence-corrected chi connectivity index (χ0v) is 18.3. The zero-order chi connectivity index (χ0) is 21.6. The minimum atomic E-state index is -3.64. The minimum absolute atomic E-state index is 0.140. The molecule has 0 saturated carbocycles. The van der Waals surface area contributed by atoms with Gasteiger partial charge in [-0.25, -0.2) is 8.42 Å². The minimum Gasteiger partial charge on any atom is -0.379 e. The molecule has 0 aromatic heterocycles. The molecular weight excluding hydrogens is 402 g/mol. The summed E-state index contributed by atoms with van der Waals surface area (Å²) in [6, 6.07) is 14.9. The lowest BCUT2D eigenvalue weighted by Crippen LogP contribution is -2.40. The van der Waals surface area contributed by atoms with Crippen molar-refractivity contribution in [2.45, 2.75) is 18.4 Å². The SMILES string of the molecule is Cc1ccc(S(=O)(=O)N2CCOCC2)cc1C(=O)NCCN(C)Cc1ccccc1. The Morgan fingerprint density at radius 2 is 1.83 bits per heavy atom. The summed E-state index contributed by atoms with van der Waals surface area (Å²) in [4.78, 5) is 15.0. The summed E-state index contributed by atoms with van der Waals surface area (Å²) in [5.41, 5.74) is 2.34. The van der Waals surface area contributed by atoms with Gasteiger partial charge in [0.15, 0.2) is 0 Å². The molecule has 30 heavy (non-hydrogen) atoms. The summed E-state index contributed by atoms with van der Waals surface area (Å²) >= 11 is 0. The normalized spacial score (nSPS) is 15.3. The molecule has 3 rings (SSSR count). The highest BCUT2D eigenvalue weighted by molar-refractivity contribution is 7.89. The van der Waals surface area contributed by atoms with E-state index in [-0.39, 0.29) is 10.8 Å². The fraction of sp³-hybridized carbons (Fsp3) is 0.409. The molecule has 2 aromatic rings. The lowest BCUT2D eigenvalue weighted by molar-refractivity contribution is 0.0730. The van der Waals surface area contributed by atoms with Gasteiger partial charge in [0.2, 0.25) is 10.0 Å². The molecule has 1 heterocycles. The van der Waals surface area contributed by atoms with Crippen LogP contribution >= 0.6 is 0 Å². The Balaban J connectivity index is 1.61. The number of carbonyl (C=O) groups is 1. The fourth-order valence-electron chi connectivity index (χ4n) is 3.37. The second-order valence-corrected chi connectivity index (χ2v) is 9.41. The van der Waals surface area contributed by atoms with Crippen molar-refractivity contribution in [3.05, 3.63) is 65.2 Å². The molecule has 0 bridgehead atoms. The molecule has 7 nitrogen and oxygen atoms in total. The van der Waals surface area contributed by atoms with Gasteiger partial charge in [0.25, 0.3) is 5.91 Å². The number of likely N-dealkylation sites (N-methyl/N-ethyl adjacent to an activating group) is 1. The molecule has 0 unspecified atom stereocenters. The monoisotopic (exact) mass is 431 g/mol. The van der Waals surface area contributed by atoms with Gasteiger partial charge in [-0.15, -0.1) is 0 Å². The van der Waals surface area contributed by atoms with Crippen LogP contribution in [0, 0.1) is 6.92 Å². The molecular formula is C22H29N3O4S. The topological polar surface area (TPSA) is 78.9 Å². The molecule has 1 saturated heterocycles. The summed E-state index contributed by atoms with van der Waals surface area (Å²) in [7, 11) is -1.64. The number of hydrogen-bond acceptors (Lipinski definition) is 5. The quantitative estimate of drug-likeness (QED) is 0.690. The number of ether oxygens (including phenoxy) is 1. The predicted octanol–water partition coefficient (Wildman–Crippen LogP) is 1.88. The largest absolute Gasteiger partial charge is 0.379 e. The van der Waals surface area contributed by atoms with E-state index in [4.69, 9.17) is 4.74 Å². The van der Waals surface area contributed by atoms with Crippen LogP contribution in [0.5, 0.6) is 0 Å². The Bertz CT molecular complexity index is 958. The molecule has 8 heteroatoms. The average molecular weight is 432 g/mol. The van der Waals surface area contributed by atoms with Crippen LogP contribution in [0.4, 0.5) is 0 Å². The van der Waals surface area contributed by atoms with Gasteiger partial charge >= 0.3 is 0 Å². The Labute approximate surface area is 178 Å². The van der Waals surface area contributed by atoms with Crippen LogP contribution < -0.4 is 5.32 Å². The van der Waals surface area contributed by atoms with E-state index in [0.717, 1.165) is 12.1 Å². The smallest absolute Gasteiger partial charge is 0.251 e. The highest BCUT2D eigenvalue weighted by atomic mass is 32.2. The van der Waals surface area contributed by atoms with Crippen molar-refractivity contribution in [2.75, 3.05) is 46.4 Å². The predicted molar refractivity (Wildman–Crippen MR) is 116 cm³/mol. The van der Waals surface area contributed by atoms with Crippen LogP contribution in [0.3, 0.4) is 0 Å². The molecule has 1 N–H and O–H groups in total. The summed E-state index contributed by atoms with van der Waals surface area (Å²) in [6.45, 7) is 5.18. The molecule has 0 atom stereocenters. The number of amides is 1. The molecule has 0 radical (unpaired) electrons. The number of nitrogens with one attached hydrogen (secondary N) is 1. The molecule has 0 spiro atoms. The number of carbonyl (C=O) groups excluding carboxylic acids is 1. The van der Waals surface area contributed by atoms with E-state index < -0.39 is 10.0 Å². The maximum Gasteiger partial charge on any atom is 0.251 e. The third-order valence-corrected chi connectivity index (χ3v) is 7.03. The molecule has 2 aromatic carbocycles. The summed E-state index contributed by atoms with van der Waals surface area (Å²) in [6.07, 6.45) is 0. The number of morpholine rings is 1. The van der Waals surface area contributed by atoms with E-state index in [1.54, 1.807) is 12.1 Å². The molecule has 0 aliphatic carbocycles. The van der Waals surface area contributed by atoms with Gasteiger partial charge in [-0.3, -0.25) is 4.79 Å². The maximum atomic E-state index is 12.9. The maximum absolute atomic E-state index is 12.9. The number of hydrogen-bond donors (Lipinski definition) is 1. The number of benzene rings is 2. The first-order chi connectivity index (χ1) is 14.4. The van der Waals surface area contributed by atoms with Crippen molar-refractivity contribution in [3.8, 4) is 0 Å². The Hall–Kier alpha value is -2.26.